The van der Waals surface area contributed by atoms with Crippen LogP contribution in [0.3, 0.4) is 0 Å². The standard InChI is InChI=1S/C10H14N2O3S/c1-12(2)4-6-3-11-7-5-15-8(10(13)14)9(7)16-6/h5-6,11H,3-4H2,1-2H3,(H,13,14). The Hall–Kier alpha value is -1.14. The fraction of sp³-hybridized carbons (Fsp3) is 0.500. The third kappa shape index (κ3) is 2.17. The second kappa shape index (κ2) is 4.39. The number of nitrogens with zero attached hydrogens (tertiary/aromatic N) is 1. The topological polar surface area (TPSA) is 65.7 Å². The smallest absolute Gasteiger partial charge is 0.373 e. The molecule has 88 valence electrons. The first kappa shape index (κ1) is 11.3. The van der Waals surface area contributed by atoms with Crippen LogP contribution in [0.15, 0.2) is 15.6 Å². The van der Waals surface area contributed by atoms with Crippen LogP contribution in [0.25, 0.3) is 0 Å². The average molecular weight is 242 g/mol. The van der Waals surface area contributed by atoms with E-state index in [0.29, 0.717) is 10.1 Å². The van der Waals surface area contributed by atoms with Crippen molar-refractivity contribution in [1.82, 2.24) is 4.90 Å². The highest BCUT2D eigenvalue weighted by atomic mass is 32.2. The normalized spacial score (nSPS) is 19.3. The van der Waals surface area contributed by atoms with Crippen LogP contribution in [0.1, 0.15) is 10.6 Å². The molecule has 0 aromatic carbocycles. The Morgan fingerprint density at radius 3 is 3.12 bits per heavy atom. The molecule has 1 atom stereocenters. The summed E-state index contributed by atoms with van der Waals surface area (Å²) in [5.41, 5.74) is 0.789. The number of nitrogens with one attached hydrogen (secondary N) is 1. The van der Waals surface area contributed by atoms with Crippen LogP contribution in [-0.2, 0) is 0 Å². The van der Waals surface area contributed by atoms with Gasteiger partial charge in [0.15, 0.2) is 0 Å². The van der Waals surface area contributed by atoms with Crippen molar-refractivity contribution in [3.63, 3.8) is 0 Å². The number of carbonyl (C=O) groups is 1. The number of rotatable bonds is 3. The van der Waals surface area contributed by atoms with E-state index in [0.717, 1.165) is 18.8 Å². The lowest BCUT2D eigenvalue weighted by Gasteiger charge is -2.25. The van der Waals surface area contributed by atoms with E-state index in [9.17, 15) is 4.79 Å². The second-order valence-electron chi connectivity index (χ2n) is 4.00. The SMILES string of the molecule is CN(C)CC1CNc2coc(C(=O)O)c2S1. The molecule has 1 aromatic rings. The molecule has 1 aliphatic rings. The molecule has 5 nitrogen and oxygen atoms in total. The number of fused-ring (bicyclic) bond motifs is 1. The minimum Gasteiger partial charge on any atom is -0.475 e. The molecule has 0 saturated carbocycles. The van der Waals surface area contributed by atoms with Gasteiger partial charge >= 0.3 is 5.97 Å². The molecule has 2 N–H and O–H groups in total. The first-order valence-electron chi connectivity index (χ1n) is 4.98. The maximum atomic E-state index is 10.9. The van der Waals surface area contributed by atoms with Gasteiger partial charge in [-0.3, -0.25) is 0 Å². The second-order valence-corrected chi connectivity index (χ2v) is 5.31. The quantitative estimate of drug-likeness (QED) is 0.835. The summed E-state index contributed by atoms with van der Waals surface area (Å²) in [6, 6.07) is 0. The highest BCUT2D eigenvalue weighted by Crippen LogP contribution is 2.39. The Labute approximate surface area is 97.8 Å². The highest BCUT2D eigenvalue weighted by Gasteiger charge is 2.27. The van der Waals surface area contributed by atoms with E-state index in [-0.39, 0.29) is 5.76 Å². The summed E-state index contributed by atoms with van der Waals surface area (Å²) in [7, 11) is 4.01. The van der Waals surface area contributed by atoms with E-state index >= 15 is 0 Å². The monoisotopic (exact) mass is 242 g/mol. The minimum absolute atomic E-state index is 0.0379. The Balaban J connectivity index is 2.17. The van der Waals surface area contributed by atoms with Crippen molar-refractivity contribution >= 4 is 23.4 Å². The maximum absolute atomic E-state index is 10.9. The van der Waals surface area contributed by atoms with Gasteiger partial charge in [-0.2, -0.15) is 0 Å². The lowest BCUT2D eigenvalue weighted by atomic mass is 10.3. The molecule has 2 heterocycles. The third-order valence-corrected chi connectivity index (χ3v) is 3.60. The molecule has 0 saturated heterocycles. The summed E-state index contributed by atoms with van der Waals surface area (Å²) in [4.78, 5) is 13.7. The first-order chi connectivity index (χ1) is 7.58. The van der Waals surface area contributed by atoms with Crippen molar-refractivity contribution in [3.8, 4) is 0 Å². The zero-order valence-corrected chi connectivity index (χ0v) is 10.0. The Bertz CT molecular complexity index is 403. The molecular weight excluding hydrogens is 228 g/mol. The van der Waals surface area contributed by atoms with Gasteiger partial charge in [0.05, 0.1) is 10.6 Å². The van der Waals surface area contributed by atoms with E-state index in [1.54, 1.807) is 11.8 Å². The zero-order chi connectivity index (χ0) is 11.7. The fourth-order valence-electron chi connectivity index (χ4n) is 1.67. The lowest BCUT2D eigenvalue weighted by Crippen LogP contribution is -2.31. The van der Waals surface area contributed by atoms with E-state index in [1.807, 2.05) is 14.1 Å². The molecule has 16 heavy (non-hydrogen) atoms. The maximum Gasteiger partial charge on any atom is 0.373 e. The molecule has 0 amide bonds. The van der Waals surface area contributed by atoms with Gasteiger partial charge in [0.25, 0.3) is 0 Å². The molecule has 1 aromatic heterocycles. The van der Waals surface area contributed by atoms with Crippen molar-refractivity contribution in [2.75, 3.05) is 32.5 Å². The molecule has 1 aliphatic heterocycles. The van der Waals surface area contributed by atoms with Crippen LogP contribution in [0, 0.1) is 0 Å². The molecule has 0 fully saturated rings. The van der Waals surface area contributed by atoms with Gasteiger partial charge in [-0.15, -0.1) is 11.8 Å². The molecule has 0 spiro atoms. The van der Waals surface area contributed by atoms with Crippen molar-refractivity contribution in [3.05, 3.63) is 12.0 Å². The van der Waals surface area contributed by atoms with E-state index in [4.69, 9.17) is 9.52 Å². The Morgan fingerprint density at radius 1 is 1.75 bits per heavy atom. The molecule has 0 aliphatic carbocycles. The van der Waals surface area contributed by atoms with Crippen LogP contribution in [0.2, 0.25) is 0 Å². The van der Waals surface area contributed by atoms with Gasteiger partial charge in [-0.05, 0) is 14.1 Å². The summed E-state index contributed by atoms with van der Waals surface area (Å²) in [6.07, 6.45) is 1.47. The molecular formula is C10H14N2O3S. The lowest BCUT2D eigenvalue weighted by molar-refractivity contribution is 0.0657. The van der Waals surface area contributed by atoms with Crippen LogP contribution < -0.4 is 5.32 Å². The zero-order valence-electron chi connectivity index (χ0n) is 9.19. The van der Waals surface area contributed by atoms with Crippen molar-refractivity contribution in [1.29, 1.82) is 0 Å². The van der Waals surface area contributed by atoms with E-state index in [2.05, 4.69) is 10.2 Å². The summed E-state index contributed by atoms with van der Waals surface area (Å²) >= 11 is 1.57. The predicted molar refractivity (Wildman–Crippen MR) is 62.4 cm³/mol. The van der Waals surface area contributed by atoms with Crippen LogP contribution in [-0.4, -0.2) is 48.4 Å². The molecule has 0 radical (unpaired) electrons. The van der Waals surface area contributed by atoms with Gasteiger partial charge in [-0.1, -0.05) is 0 Å². The Morgan fingerprint density at radius 2 is 2.50 bits per heavy atom. The van der Waals surface area contributed by atoms with Crippen molar-refractivity contribution in [2.24, 2.45) is 0 Å². The molecule has 0 bridgehead atoms. The van der Waals surface area contributed by atoms with E-state index < -0.39 is 5.97 Å². The third-order valence-electron chi connectivity index (χ3n) is 2.31. The largest absolute Gasteiger partial charge is 0.475 e. The number of furan rings is 1. The highest BCUT2D eigenvalue weighted by molar-refractivity contribution is 8.00. The summed E-state index contributed by atoms with van der Waals surface area (Å²) < 4.78 is 5.04. The first-order valence-corrected chi connectivity index (χ1v) is 5.86. The van der Waals surface area contributed by atoms with Gasteiger partial charge in [-0.25, -0.2) is 4.79 Å². The molecule has 2 rings (SSSR count). The summed E-state index contributed by atoms with van der Waals surface area (Å²) in [6.45, 7) is 1.73. The van der Waals surface area contributed by atoms with Gasteiger partial charge in [0, 0.05) is 18.3 Å². The van der Waals surface area contributed by atoms with Crippen LogP contribution in [0.4, 0.5) is 5.69 Å². The Kier molecular flexibility index (Phi) is 3.11. The van der Waals surface area contributed by atoms with Crippen LogP contribution >= 0.6 is 11.8 Å². The predicted octanol–water partition coefficient (Wildman–Crippen LogP) is 1.43. The van der Waals surface area contributed by atoms with E-state index in [1.165, 1.54) is 6.26 Å². The van der Waals surface area contributed by atoms with Gasteiger partial charge in [0.1, 0.15) is 6.26 Å². The van der Waals surface area contributed by atoms with Crippen molar-refractivity contribution < 1.29 is 14.3 Å². The van der Waals surface area contributed by atoms with Crippen LogP contribution in [0.5, 0.6) is 0 Å². The summed E-state index contributed by atoms with van der Waals surface area (Å²) in [5.74, 6) is -0.975. The average Bonchev–Trinajstić information content (AvgIpc) is 2.59. The number of anilines is 1. The number of aromatic carboxylic acids is 1. The number of hydrogen-bond acceptors (Lipinski definition) is 5. The number of carboxylic acids is 1. The number of carboxylic acid groups (broad SMARTS) is 1. The fourth-order valence-corrected chi connectivity index (χ4v) is 3.04. The van der Waals surface area contributed by atoms with Gasteiger partial charge < -0.3 is 19.7 Å². The van der Waals surface area contributed by atoms with Crippen molar-refractivity contribution in [2.45, 2.75) is 10.1 Å². The molecule has 1 unspecified atom stereocenters. The number of thioether (sulfide) groups is 1. The molecule has 6 heteroatoms. The van der Waals surface area contributed by atoms with Gasteiger partial charge in [0.2, 0.25) is 5.76 Å². The number of hydrogen-bond donors (Lipinski definition) is 2. The summed E-state index contributed by atoms with van der Waals surface area (Å²) in [5, 5.41) is 12.5. The minimum atomic E-state index is -1.01.